The summed E-state index contributed by atoms with van der Waals surface area (Å²) in [5.74, 6) is -2.01. The molecule has 124 valence electrons. The molecule has 0 saturated heterocycles. The van der Waals surface area contributed by atoms with E-state index < -0.39 is 25.5 Å². The van der Waals surface area contributed by atoms with Gasteiger partial charge in [0, 0.05) is 5.02 Å². The second-order valence-corrected chi connectivity index (χ2v) is 6.95. The van der Waals surface area contributed by atoms with Crippen molar-refractivity contribution < 1.29 is 80.0 Å². The molecule has 0 radical (unpaired) electrons. The fraction of sp³-hybridized carbons (Fsp3) is 0.500. The van der Waals surface area contributed by atoms with Gasteiger partial charge in [0.05, 0.1) is 0 Å². The van der Waals surface area contributed by atoms with Gasteiger partial charge in [-0.15, -0.1) is 0 Å². The van der Waals surface area contributed by atoms with Crippen molar-refractivity contribution in [2.45, 2.75) is 45.1 Å². The van der Waals surface area contributed by atoms with Gasteiger partial charge in [-0.3, -0.25) is 0 Å². The molecule has 1 aromatic rings. The van der Waals surface area contributed by atoms with E-state index in [4.69, 9.17) is 26.0 Å². The topological polar surface area (TPSA) is 95.9 Å². The van der Waals surface area contributed by atoms with Crippen LogP contribution in [0.1, 0.15) is 33.1 Å². The van der Waals surface area contributed by atoms with Gasteiger partial charge in [-0.2, -0.15) is 0 Å². The van der Waals surface area contributed by atoms with Crippen molar-refractivity contribution >= 4 is 25.2 Å². The van der Waals surface area contributed by atoms with E-state index >= 15 is 0 Å². The summed E-state index contributed by atoms with van der Waals surface area (Å²) in [4.78, 5) is 32.3. The first-order valence-electron chi connectivity index (χ1n) is 6.90. The largest absolute Gasteiger partial charge is 1.00 e. The molecular weight excluding hydrogens is 370 g/mol. The number of ether oxygens (including phenoxy) is 2. The van der Waals surface area contributed by atoms with E-state index in [-0.39, 0.29) is 57.8 Å². The summed E-state index contributed by atoms with van der Waals surface area (Å²) < 4.78 is 21.4. The van der Waals surface area contributed by atoms with E-state index in [0.29, 0.717) is 23.6 Å². The third-order valence-electron chi connectivity index (χ3n) is 2.88. The van der Waals surface area contributed by atoms with Crippen LogP contribution in [0.25, 0.3) is 0 Å². The standard InChI is InChI=1S/C14H20ClO6P.K/c1-3-4-5-13(22(17,18)19)21-14(16)10(2)20-12-8-6-11(15)7-9-12;/h6-10,13H,3-5H2,1-2H3,(H2,17,18,19);/q;+1/p-1. The zero-order valence-corrected chi connectivity index (χ0v) is 18.2. The Balaban J connectivity index is 0.00000484. The predicted octanol–water partition coefficient (Wildman–Crippen LogP) is -0.283. The molecule has 0 bridgehead atoms. The summed E-state index contributed by atoms with van der Waals surface area (Å²) in [5.41, 5.74) is 0. The molecule has 0 aliphatic rings. The van der Waals surface area contributed by atoms with E-state index in [1.807, 2.05) is 6.92 Å². The van der Waals surface area contributed by atoms with Crippen LogP contribution in [0, 0.1) is 0 Å². The van der Waals surface area contributed by atoms with Gasteiger partial charge in [-0.05, 0) is 44.0 Å². The van der Waals surface area contributed by atoms with E-state index in [0.717, 1.165) is 0 Å². The summed E-state index contributed by atoms with van der Waals surface area (Å²) in [5, 5.41) is 0.523. The molecule has 1 N–H and O–H groups in total. The van der Waals surface area contributed by atoms with Gasteiger partial charge < -0.3 is 23.8 Å². The first-order chi connectivity index (χ1) is 10.2. The molecule has 0 heterocycles. The van der Waals surface area contributed by atoms with Gasteiger partial charge in [0.1, 0.15) is 5.75 Å². The number of carbonyl (C=O) groups excluding carboxylic acids is 1. The van der Waals surface area contributed by atoms with E-state index in [1.165, 1.54) is 6.92 Å². The van der Waals surface area contributed by atoms with Crippen LogP contribution in [-0.2, 0) is 14.1 Å². The van der Waals surface area contributed by atoms with Crippen LogP contribution < -0.4 is 61.0 Å². The average Bonchev–Trinajstić information content (AvgIpc) is 2.44. The number of benzene rings is 1. The van der Waals surface area contributed by atoms with Crippen LogP contribution in [0.2, 0.25) is 5.02 Å². The van der Waals surface area contributed by atoms with Gasteiger partial charge in [0.25, 0.3) is 0 Å². The Morgan fingerprint density at radius 1 is 1.39 bits per heavy atom. The van der Waals surface area contributed by atoms with Crippen LogP contribution in [0.4, 0.5) is 0 Å². The smallest absolute Gasteiger partial charge is 0.776 e. The summed E-state index contributed by atoms with van der Waals surface area (Å²) in [6.07, 6.45) is 0.256. The number of unbranched alkanes of at least 4 members (excludes halogenated alkanes) is 1. The molecule has 9 heteroatoms. The van der Waals surface area contributed by atoms with Gasteiger partial charge in [0.15, 0.2) is 19.5 Å². The van der Waals surface area contributed by atoms with Crippen molar-refractivity contribution in [1.82, 2.24) is 0 Å². The molecule has 0 aliphatic heterocycles. The molecule has 0 aliphatic carbocycles. The molecule has 0 fully saturated rings. The van der Waals surface area contributed by atoms with Crippen molar-refractivity contribution in [3.05, 3.63) is 29.3 Å². The minimum Gasteiger partial charge on any atom is -0.776 e. The quantitative estimate of drug-likeness (QED) is 0.374. The molecule has 3 atom stereocenters. The number of hydrogen-bond acceptors (Lipinski definition) is 5. The third kappa shape index (κ3) is 9.00. The first kappa shape index (κ1) is 23.6. The van der Waals surface area contributed by atoms with Gasteiger partial charge >= 0.3 is 57.4 Å². The van der Waals surface area contributed by atoms with Gasteiger partial charge in [-0.25, -0.2) is 4.79 Å². The Labute approximate surface area is 183 Å². The fourth-order valence-electron chi connectivity index (χ4n) is 1.66. The maximum absolute atomic E-state index is 11.9. The molecule has 0 aromatic heterocycles. The molecule has 0 amide bonds. The minimum atomic E-state index is -4.75. The monoisotopic (exact) mass is 388 g/mol. The van der Waals surface area contributed by atoms with Crippen LogP contribution >= 0.6 is 19.2 Å². The molecule has 6 nitrogen and oxygen atoms in total. The Kier molecular flexibility index (Phi) is 11.5. The number of halogens is 1. The summed E-state index contributed by atoms with van der Waals surface area (Å²) in [6.45, 7) is 3.29. The summed E-state index contributed by atoms with van der Waals surface area (Å²) >= 11 is 5.74. The fourth-order valence-corrected chi connectivity index (χ4v) is 2.53. The second kappa shape index (κ2) is 11.2. The maximum Gasteiger partial charge on any atom is 1.00 e. The van der Waals surface area contributed by atoms with Crippen LogP contribution in [-0.4, -0.2) is 22.8 Å². The Morgan fingerprint density at radius 2 is 1.96 bits per heavy atom. The average molecular weight is 389 g/mol. The van der Waals surface area contributed by atoms with Gasteiger partial charge in [-0.1, -0.05) is 24.9 Å². The maximum atomic E-state index is 11.9. The Morgan fingerprint density at radius 3 is 2.43 bits per heavy atom. The molecule has 0 spiro atoms. The second-order valence-electron chi connectivity index (χ2n) is 4.81. The number of carbonyl (C=O) groups is 1. The van der Waals surface area contributed by atoms with Crippen molar-refractivity contribution in [2.75, 3.05) is 0 Å². The molecular formula is C14H19ClKO6P. The Hall–Kier alpha value is 0.566. The number of hydrogen-bond donors (Lipinski definition) is 1. The van der Waals surface area contributed by atoms with Crippen LogP contribution in [0.5, 0.6) is 5.75 Å². The molecule has 1 rings (SSSR count). The van der Waals surface area contributed by atoms with Crippen molar-refractivity contribution in [3.8, 4) is 5.75 Å². The van der Waals surface area contributed by atoms with Crippen molar-refractivity contribution in [1.29, 1.82) is 0 Å². The molecule has 3 unspecified atom stereocenters. The summed E-state index contributed by atoms with van der Waals surface area (Å²) in [7, 11) is -4.75. The predicted molar refractivity (Wildman–Crippen MR) is 80.8 cm³/mol. The van der Waals surface area contributed by atoms with Crippen LogP contribution in [0.3, 0.4) is 0 Å². The zero-order chi connectivity index (χ0) is 16.8. The normalized spacial score (nSPS) is 15.7. The van der Waals surface area contributed by atoms with Gasteiger partial charge in [0.2, 0.25) is 0 Å². The third-order valence-corrected chi connectivity index (χ3v) is 4.22. The van der Waals surface area contributed by atoms with E-state index in [1.54, 1.807) is 24.3 Å². The minimum absolute atomic E-state index is 0. The van der Waals surface area contributed by atoms with E-state index in [2.05, 4.69) is 0 Å². The molecule has 23 heavy (non-hydrogen) atoms. The Bertz CT molecular complexity index is 533. The van der Waals surface area contributed by atoms with E-state index in [9.17, 15) is 14.3 Å². The van der Waals surface area contributed by atoms with Crippen LogP contribution in [0.15, 0.2) is 24.3 Å². The molecule has 1 aromatic carbocycles. The zero-order valence-electron chi connectivity index (χ0n) is 13.4. The van der Waals surface area contributed by atoms with Crippen molar-refractivity contribution in [3.63, 3.8) is 0 Å². The number of rotatable bonds is 8. The molecule has 0 saturated carbocycles. The SMILES string of the molecule is CCCCC(OC(=O)C(C)Oc1ccc(Cl)cc1)P(=O)([O-])O.[K+]. The summed E-state index contributed by atoms with van der Waals surface area (Å²) in [6, 6.07) is 6.34. The first-order valence-corrected chi connectivity index (χ1v) is 8.92. The number of esters is 1. The van der Waals surface area contributed by atoms with Crippen molar-refractivity contribution in [2.24, 2.45) is 0 Å².